The molecule has 16 heteroatoms. The SMILES string of the molecule is CCc1c(N2CC3(CN(C(=O)OC(C)(C)C)C3)C2)c(=O)n2nc(/C=C/COC)nc2n1CC(=O)Nc1ccc(C(F)(F)F)cc1Cl. The van der Waals surface area contributed by atoms with Gasteiger partial charge in [0.1, 0.15) is 17.8 Å². The van der Waals surface area contributed by atoms with Gasteiger partial charge in [0.25, 0.3) is 5.56 Å². The summed E-state index contributed by atoms with van der Waals surface area (Å²) in [5.74, 6) is -0.258. The van der Waals surface area contributed by atoms with Crippen LogP contribution in [0, 0.1) is 5.41 Å². The Balaban J connectivity index is 1.44. The van der Waals surface area contributed by atoms with Crippen LogP contribution < -0.4 is 15.8 Å². The molecule has 2 amide bonds. The van der Waals surface area contributed by atoms with E-state index in [4.69, 9.17) is 21.1 Å². The second-order valence-corrected chi connectivity index (χ2v) is 12.9. The van der Waals surface area contributed by atoms with Crippen molar-refractivity contribution in [3.63, 3.8) is 0 Å². The van der Waals surface area contributed by atoms with Crippen LogP contribution in [0.15, 0.2) is 29.1 Å². The number of carbonyl (C=O) groups excluding carboxylic acids is 2. The summed E-state index contributed by atoms with van der Waals surface area (Å²) in [5, 5.41) is 6.67. The maximum absolute atomic E-state index is 13.9. The van der Waals surface area contributed by atoms with E-state index < -0.39 is 28.8 Å². The molecule has 1 spiro atoms. The number of methoxy groups -OCH3 is 1. The maximum Gasteiger partial charge on any atom is 0.416 e. The number of nitrogens with one attached hydrogen (secondary N) is 1. The van der Waals surface area contributed by atoms with E-state index in [1.807, 2.05) is 11.8 Å². The summed E-state index contributed by atoms with van der Waals surface area (Å²) in [6, 6.07) is 2.66. The van der Waals surface area contributed by atoms with Crippen LogP contribution in [0.4, 0.5) is 29.3 Å². The lowest BCUT2D eigenvalue weighted by Crippen LogP contribution is -2.74. The maximum atomic E-state index is 13.9. The van der Waals surface area contributed by atoms with Crippen LogP contribution in [-0.2, 0) is 33.4 Å². The fraction of sp³-hybridized carbons (Fsp3) is 0.500. The molecule has 46 heavy (non-hydrogen) atoms. The van der Waals surface area contributed by atoms with E-state index in [0.29, 0.717) is 44.0 Å². The van der Waals surface area contributed by atoms with Crippen LogP contribution in [0.3, 0.4) is 0 Å². The van der Waals surface area contributed by atoms with Crippen molar-refractivity contribution in [1.82, 2.24) is 24.1 Å². The minimum atomic E-state index is -4.59. The first-order valence-electron chi connectivity index (χ1n) is 14.6. The molecule has 0 radical (unpaired) electrons. The first kappa shape index (κ1) is 33.3. The molecule has 0 aliphatic carbocycles. The Morgan fingerprint density at radius 2 is 1.85 bits per heavy atom. The van der Waals surface area contributed by atoms with Gasteiger partial charge in [-0.25, -0.2) is 4.79 Å². The lowest BCUT2D eigenvalue weighted by molar-refractivity contribution is -0.137. The number of amides is 2. The minimum absolute atomic E-state index is 0.00358. The van der Waals surface area contributed by atoms with E-state index in [-0.39, 0.29) is 47.0 Å². The second-order valence-electron chi connectivity index (χ2n) is 12.5. The molecule has 2 aliphatic heterocycles. The third-order valence-corrected chi connectivity index (χ3v) is 7.96. The topological polar surface area (TPSA) is 123 Å². The van der Waals surface area contributed by atoms with Gasteiger partial charge >= 0.3 is 12.3 Å². The second kappa shape index (κ2) is 12.2. The van der Waals surface area contributed by atoms with Gasteiger partial charge in [-0.2, -0.15) is 22.7 Å². The predicted octanol–water partition coefficient (Wildman–Crippen LogP) is 4.48. The highest BCUT2D eigenvalue weighted by atomic mass is 35.5. The molecule has 0 bridgehead atoms. The number of anilines is 2. The number of nitrogens with zero attached hydrogens (tertiary/aromatic N) is 6. The molecule has 2 aromatic heterocycles. The molecular weight excluding hydrogens is 631 g/mol. The molecule has 3 aromatic rings. The van der Waals surface area contributed by atoms with Crippen molar-refractivity contribution in [2.24, 2.45) is 5.41 Å². The Kier molecular flexibility index (Phi) is 8.85. The van der Waals surface area contributed by atoms with Crippen LogP contribution in [0.1, 0.15) is 44.8 Å². The van der Waals surface area contributed by atoms with Crippen molar-refractivity contribution in [2.45, 2.75) is 52.4 Å². The van der Waals surface area contributed by atoms with Crippen LogP contribution in [0.25, 0.3) is 11.9 Å². The molecule has 0 saturated carbocycles. The zero-order valence-corrected chi connectivity index (χ0v) is 26.8. The van der Waals surface area contributed by atoms with E-state index in [0.717, 1.165) is 22.7 Å². The average Bonchev–Trinajstić information content (AvgIpc) is 3.33. The Morgan fingerprint density at radius 3 is 2.43 bits per heavy atom. The summed E-state index contributed by atoms with van der Waals surface area (Å²) < 4.78 is 52.6. The summed E-state index contributed by atoms with van der Waals surface area (Å²) in [5.41, 5.74) is -1.27. The normalized spacial score (nSPS) is 16.2. The van der Waals surface area contributed by atoms with E-state index in [2.05, 4.69) is 15.4 Å². The molecule has 12 nitrogen and oxygen atoms in total. The molecule has 0 unspecified atom stereocenters. The van der Waals surface area contributed by atoms with Crippen LogP contribution in [-0.4, -0.2) is 81.6 Å². The highest BCUT2D eigenvalue weighted by Gasteiger charge is 2.55. The molecule has 2 aliphatic rings. The van der Waals surface area contributed by atoms with Gasteiger partial charge in [0.2, 0.25) is 11.7 Å². The lowest BCUT2D eigenvalue weighted by Gasteiger charge is -2.60. The predicted molar refractivity (Wildman–Crippen MR) is 165 cm³/mol. The monoisotopic (exact) mass is 665 g/mol. The molecule has 2 fully saturated rings. The van der Waals surface area contributed by atoms with Gasteiger partial charge in [0.05, 0.1) is 28.6 Å². The van der Waals surface area contributed by atoms with E-state index in [1.165, 1.54) is 7.11 Å². The first-order chi connectivity index (χ1) is 21.5. The molecule has 5 rings (SSSR count). The molecule has 0 atom stereocenters. The number of carbonyl (C=O) groups is 2. The van der Waals surface area contributed by atoms with Crippen LogP contribution in [0.2, 0.25) is 5.02 Å². The largest absolute Gasteiger partial charge is 0.444 e. The van der Waals surface area contributed by atoms with Crippen LogP contribution in [0.5, 0.6) is 0 Å². The summed E-state index contributed by atoms with van der Waals surface area (Å²) in [4.78, 5) is 47.7. The van der Waals surface area contributed by atoms with Gasteiger partial charge in [0, 0.05) is 38.7 Å². The third-order valence-electron chi connectivity index (χ3n) is 7.65. The fourth-order valence-corrected chi connectivity index (χ4v) is 5.96. The third kappa shape index (κ3) is 6.70. The zero-order chi connectivity index (χ0) is 33.6. The van der Waals surface area contributed by atoms with Crippen molar-refractivity contribution < 1.29 is 32.2 Å². The van der Waals surface area contributed by atoms with Crippen molar-refractivity contribution in [3.8, 4) is 0 Å². The van der Waals surface area contributed by atoms with Crippen molar-refractivity contribution in [2.75, 3.05) is 50.1 Å². The Bertz CT molecular complexity index is 1750. The Morgan fingerprint density at radius 1 is 1.15 bits per heavy atom. The van der Waals surface area contributed by atoms with E-state index >= 15 is 0 Å². The fourth-order valence-electron chi connectivity index (χ4n) is 5.73. The van der Waals surface area contributed by atoms with Gasteiger partial charge in [-0.1, -0.05) is 24.6 Å². The number of hydrogen-bond donors (Lipinski definition) is 1. The van der Waals surface area contributed by atoms with Crippen molar-refractivity contribution in [1.29, 1.82) is 0 Å². The highest BCUT2D eigenvalue weighted by molar-refractivity contribution is 6.33. The number of hydrogen-bond acceptors (Lipinski definition) is 8. The van der Waals surface area contributed by atoms with E-state index in [9.17, 15) is 27.6 Å². The molecular formula is C30H35ClF3N7O5. The Labute approximate surface area is 267 Å². The average molecular weight is 666 g/mol. The molecule has 1 N–H and O–H groups in total. The number of aromatic nitrogens is 4. The van der Waals surface area contributed by atoms with Crippen molar-refractivity contribution in [3.05, 3.63) is 56.7 Å². The molecule has 4 heterocycles. The Hall–Kier alpha value is -4.11. The van der Waals surface area contributed by atoms with Gasteiger partial charge in [-0.3, -0.25) is 9.59 Å². The number of ether oxygens (including phenoxy) is 2. The summed E-state index contributed by atoms with van der Waals surface area (Å²) in [7, 11) is 1.53. The number of alkyl halides is 3. The first-order valence-corrected chi connectivity index (χ1v) is 15.0. The number of fused-ring (bicyclic) bond motifs is 1. The number of rotatable bonds is 8. The molecule has 2 saturated heterocycles. The number of halogens is 4. The minimum Gasteiger partial charge on any atom is -0.444 e. The summed E-state index contributed by atoms with van der Waals surface area (Å²) in [6.45, 7) is 9.20. The number of benzene rings is 1. The standard InChI is InChI=1S/C30H35ClF3N7O5/c1-6-21-24(38-14-29(15-38)16-39(17-29)27(44)46-28(2,3)4)25(43)41-26(36-22(37-41)8-7-11-45-5)40(21)13-23(42)35-20-10-9-18(12-19(20)31)30(32,33)34/h7-10,12H,6,11,13-17H2,1-5H3,(H,35,42)/b8-7+. The molecule has 1 aromatic carbocycles. The van der Waals surface area contributed by atoms with Crippen LogP contribution >= 0.6 is 11.6 Å². The van der Waals surface area contributed by atoms with Crippen molar-refractivity contribution >= 4 is 46.8 Å². The van der Waals surface area contributed by atoms with Gasteiger partial charge in [0.15, 0.2) is 5.82 Å². The number of likely N-dealkylation sites (tertiary alicyclic amines) is 1. The van der Waals surface area contributed by atoms with Gasteiger partial charge in [-0.15, -0.1) is 5.10 Å². The van der Waals surface area contributed by atoms with E-state index in [1.54, 1.807) is 42.4 Å². The highest BCUT2D eigenvalue weighted by Crippen LogP contribution is 2.42. The smallest absolute Gasteiger partial charge is 0.416 e. The molecule has 248 valence electrons. The van der Waals surface area contributed by atoms with Gasteiger partial charge in [-0.05, 0) is 51.5 Å². The zero-order valence-electron chi connectivity index (χ0n) is 26.1. The summed E-state index contributed by atoms with van der Waals surface area (Å²) in [6.07, 6.45) is -1.36. The quantitative estimate of drug-likeness (QED) is 0.374. The lowest BCUT2D eigenvalue weighted by atomic mass is 9.72. The van der Waals surface area contributed by atoms with Gasteiger partial charge < -0.3 is 29.2 Å². The summed E-state index contributed by atoms with van der Waals surface area (Å²) >= 11 is 6.07.